The molecule has 37 heavy (non-hydrogen) atoms. The van der Waals surface area contributed by atoms with E-state index in [0.717, 1.165) is 23.4 Å². The van der Waals surface area contributed by atoms with Gasteiger partial charge in [-0.15, -0.1) is 13.2 Å². The highest BCUT2D eigenvalue weighted by Crippen LogP contribution is 2.36. The summed E-state index contributed by atoms with van der Waals surface area (Å²) in [6, 6.07) is 12.3. The third kappa shape index (κ3) is 6.42. The third-order valence-electron chi connectivity index (χ3n) is 5.25. The van der Waals surface area contributed by atoms with Gasteiger partial charge in [0.25, 0.3) is 5.91 Å². The quantitative estimate of drug-likeness (QED) is 0.396. The van der Waals surface area contributed by atoms with Gasteiger partial charge in [0.15, 0.2) is 11.5 Å². The van der Waals surface area contributed by atoms with Crippen LogP contribution in [0.1, 0.15) is 35.0 Å². The van der Waals surface area contributed by atoms with E-state index in [1.54, 1.807) is 24.3 Å². The zero-order valence-electron chi connectivity index (χ0n) is 19.6. The van der Waals surface area contributed by atoms with E-state index < -0.39 is 18.0 Å². The number of ether oxygens (including phenoxy) is 2. The van der Waals surface area contributed by atoms with Gasteiger partial charge in [0.1, 0.15) is 0 Å². The smallest absolute Gasteiger partial charge is 0.493 e. The Bertz CT molecular complexity index is 1300. The average molecular weight is 535 g/mol. The van der Waals surface area contributed by atoms with E-state index in [-0.39, 0.29) is 28.5 Å². The zero-order valence-corrected chi connectivity index (χ0v) is 20.4. The van der Waals surface area contributed by atoms with Crippen LogP contribution in [0.25, 0.3) is 0 Å². The summed E-state index contributed by atoms with van der Waals surface area (Å²) in [4.78, 5) is 24.9. The molecule has 9 nitrogen and oxygen atoms in total. The monoisotopic (exact) mass is 534 g/mol. The fourth-order valence-electron chi connectivity index (χ4n) is 3.52. The van der Waals surface area contributed by atoms with Crippen molar-refractivity contribution in [3.05, 3.63) is 71.6 Å². The van der Waals surface area contributed by atoms with Crippen molar-refractivity contribution in [1.82, 2.24) is 10.2 Å². The van der Waals surface area contributed by atoms with E-state index in [9.17, 15) is 22.8 Å². The lowest BCUT2D eigenvalue weighted by Gasteiger charge is -2.28. The SMILES string of the molecule is CCC1SC(=O)N(Cc2ccc(NC(=O)c3ccno3)cc2)N=C1c1ccc(OC(F)(F)F)c(OC)c1. The highest BCUT2D eigenvalue weighted by Gasteiger charge is 2.34. The van der Waals surface area contributed by atoms with Crippen LogP contribution in [-0.4, -0.2) is 45.7 Å². The van der Waals surface area contributed by atoms with Crippen molar-refractivity contribution >= 4 is 34.3 Å². The van der Waals surface area contributed by atoms with E-state index in [2.05, 4.69) is 20.3 Å². The van der Waals surface area contributed by atoms with Gasteiger partial charge in [-0.3, -0.25) is 9.59 Å². The number of benzene rings is 2. The van der Waals surface area contributed by atoms with Gasteiger partial charge in [0.2, 0.25) is 5.76 Å². The van der Waals surface area contributed by atoms with Gasteiger partial charge in [0, 0.05) is 17.3 Å². The molecule has 0 saturated carbocycles. The molecule has 2 amide bonds. The van der Waals surface area contributed by atoms with Gasteiger partial charge in [-0.1, -0.05) is 36.0 Å². The first-order valence-electron chi connectivity index (χ1n) is 11.0. The molecular weight excluding hydrogens is 513 g/mol. The summed E-state index contributed by atoms with van der Waals surface area (Å²) in [7, 11) is 1.24. The first-order valence-corrected chi connectivity index (χ1v) is 11.9. The van der Waals surface area contributed by atoms with Gasteiger partial charge in [-0.25, -0.2) is 5.01 Å². The van der Waals surface area contributed by atoms with Gasteiger partial charge in [-0.2, -0.15) is 5.10 Å². The molecule has 2 aromatic carbocycles. The van der Waals surface area contributed by atoms with E-state index >= 15 is 0 Å². The summed E-state index contributed by atoms with van der Waals surface area (Å²) in [6.45, 7) is 2.04. The van der Waals surface area contributed by atoms with Gasteiger partial charge in [0.05, 0.1) is 30.8 Å². The summed E-state index contributed by atoms with van der Waals surface area (Å²) in [5, 5.41) is 11.4. The summed E-state index contributed by atoms with van der Waals surface area (Å²) in [5.41, 5.74) is 2.30. The Kier molecular flexibility index (Phi) is 7.71. The number of amides is 2. The number of alkyl halides is 3. The highest BCUT2D eigenvalue weighted by atomic mass is 32.2. The van der Waals surface area contributed by atoms with Crippen LogP contribution in [0.4, 0.5) is 23.7 Å². The van der Waals surface area contributed by atoms with Gasteiger partial charge in [-0.05, 0) is 42.3 Å². The second-order valence-corrected chi connectivity index (χ2v) is 8.92. The molecule has 194 valence electrons. The average Bonchev–Trinajstić information content (AvgIpc) is 3.41. The number of thioether (sulfide) groups is 1. The first-order chi connectivity index (χ1) is 17.7. The normalized spacial score (nSPS) is 15.8. The maximum absolute atomic E-state index is 12.8. The molecule has 2 heterocycles. The first kappa shape index (κ1) is 26.1. The molecule has 0 saturated heterocycles. The van der Waals surface area contributed by atoms with Crippen molar-refractivity contribution in [2.75, 3.05) is 12.4 Å². The Hall–Kier alpha value is -4.00. The van der Waals surface area contributed by atoms with E-state index in [0.29, 0.717) is 23.4 Å². The molecule has 1 unspecified atom stereocenters. The molecule has 1 aliphatic heterocycles. The number of halogens is 3. The molecule has 1 aromatic heterocycles. The Labute approximate surface area is 213 Å². The minimum absolute atomic E-state index is 0.0713. The molecule has 0 fully saturated rings. The lowest BCUT2D eigenvalue weighted by Crippen LogP contribution is -2.34. The van der Waals surface area contributed by atoms with Crippen molar-refractivity contribution < 1.29 is 36.8 Å². The van der Waals surface area contributed by atoms with E-state index in [1.165, 1.54) is 36.5 Å². The standard InChI is InChI=1S/C24H21F3N4O5S/c1-3-20-21(15-6-9-17(19(12-15)34-2)35-24(25,26)27)30-31(23(33)37-20)13-14-4-7-16(8-5-14)29-22(32)18-10-11-28-36-18/h4-12,20H,3,13H2,1-2H3,(H,29,32). The lowest BCUT2D eigenvalue weighted by atomic mass is 10.0. The number of rotatable bonds is 8. The fourth-order valence-corrected chi connectivity index (χ4v) is 4.45. The van der Waals surface area contributed by atoms with Crippen molar-refractivity contribution in [3.8, 4) is 11.5 Å². The Morgan fingerprint density at radius 2 is 1.92 bits per heavy atom. The number of aromatic nitrogens is 1. The van der Waals surface area contributed by atoms with Crippen LogP contribution < -0.4 is 14.8 Å². The van der Waals surface area contributed by atoms with E-state index in [4.69, 9.17) is 9.26 Å². The molecule has 1 atom stereocenters. The molecule has 0 aliphatic carbocycles. The molecule has 13 heteroatoms. The van der Waals surface area contributed by atoms with Crippen molar-refractivity contribution in [2.24, 2.45) is 5.10 Å². The Balaban J connectivity index is 1.53. The largest absolute Gasteiger partial charge is 0.573 e. The van der Waals surface area contributed by atoms with Crippen LogP contribution in [-0.2, 0) is 6.54 Å². The molecule has 0 spiro atoms. The van der Waals surface area contributed by atoms with Crippen molar-refractivity contribution in [1.29, 1.82) is 0 Å². The lowest BCUT2D eigenvalue weighted by molar-refractivity contribution is -0.275. The number of methoxy groups -OCH3 is 1. The number of hydrogen-bond acceptors (Lipinski definition) is 8. The Morgan fingerprint density at radius 1 is 1.16 bits per heavy atom. The second-order valence-electron chi connectivity index (χ2n) is 7.76. The number of carbonyl (C=O) groups is 2. The van der Waals surface area contributed by atoms with Gasteiger partial charge >= 0.3 is 11.6 Å². The minimum atomic E-state index is -4.86. The van der Waals surface area contributed by atoms with Crippen LogP contribution in [0.3, 0.4) is 0 Å². The van der Waals surface area contributed by atoms with Crippen molar-refractivity contribution in [3.63, 3.8) is 0 Å². The number of nitrogens with zero attached hydrogens (tertiary/aromatic N) is 3. The fraction of sp³-hybridized carbons (Fsp3) is 0.250. The minimum Gasteiger partial charge on any atom is -0.493 e. The van der Waals surface area contributed by atoms with Crippen LogP contribution >= 0.6 is 11.8 Å². The summed E-state index contributed by atoms with van der Waals surface area (Å²) < 4.78 is 52.1. The molecule has 1 N–H and O–H groups in total. The Morgan fingerprint density at radius 3 is 2.54 bits per heavy atom. The topological polar surface area (TPSA) is 106 Å². The molecule has 1 aliphatic rings. The molecule has 0 radical (unpaired) electrons. The van der Waals surface area contributed by atoms with Crippen LogP contribution in [0, 0.1) is 0 Å². The highest BCUT2D eigenvalue weighted by molar-refractivity contribution is 8.14. The number of nitrogens with one attached hydrogen (secondary N) is 1. The zero-order chi connectivity index (χ0) is 26.6. The van der Waals surface area contributed by atoms with Crippen LogP contribution in [0.15, 0.2) is 64.4 Å². The molecular formula is C24H21F3N4O5S. The second kappa shape index (κ2) is 10.9. The summed E-state index contributed by atoms with van der Waals surface area (Å²) in [5.74, 6) is -0.958. The third-order valence-corrected chi connectivity index (χ3v) is 6.50. The van der Waals surface area contributed by atoms with Crippen LogP contribution in [0.2, 0.25) is 0 Å². The van der Waals surface area contributed by atoms with Gasteiger partial charge < -0.3 is 19.3 Å². The maximum atomic E-state index is 12.8. The number of anilines is 1. The van der Waals surface area contributed by atoms with E-state index in [1.807, 2.05) is 6.92 Å². The predicted molar refractivity (Wildman–Crippen MR) is 130 cm³/mol. The molecule has 4 rings (SSSR count). The van der Waals surface area contributed by atoms with Crippen LogP contribution in [0.5, 0.6) is 11.5 Å². The van der Waals surface area contributed by atoms with Crippen molar-refractivity contribution in [2.45, 2.75) is 31.5 Å². The molecule has 3 aromatic rings. The number of carbonyl (C=O) groups excluding carboxylic acids is 2. The summed E-state index contributed by atoms with van der Waals surface area (Å²) in [6.07, 6.45) is -2.92. The summed E-state index contributed by atoms with van der Waals surface area (Å²) >= 11 is 1.09. The number of hydrogen-bond donors (Lipinski definition) is 1. The maximum Gasteiger partial charge on any atom is 0.573 e. The molecule has 0 bridgehead atoms. The predicted octanol–water partition coefficient (Wildman–Crippen LogP) is 5.69. The number of hydrazone groups is 1.